The zero-order chi connectivity index (χ0) is 87.3. The maximum atomic E-state index is 15.1. The van der Waals surface area contributed by atoms with Gasteiger partial charge < -0.3 is 124 Å². The van der Waals surface area contributed by atoms with Crippen LogP contribution in [-0.4, -0.2) is 310 Å². The number of thiazole rings is 1. The van der Waals surface area contributed by atoms with E-state index in [4.69, 9.17) is 24.9 Å². The van der Waals surface area contributed by atoms with Crippen molar-refractivity contribution in [2.75, 3.05) is 64.7 Å². The summed E-state index contributed by atoms with van der Waals surface area (Å²) in [6.07, 6.45) is -18.6. The number of ether oxygens (including phenoxy) is 3. The molecule has 19 atom stereocenters. The number of aliphatic carboxylic acids is 2. The van der Waals surface area contributed by atoms with E-state index in [2.05, 4.69) is 42.5 Å². The number of primary amides is 1. The molecule has 0 radical (unpaired) electrons. The number of carbonyl (C=O) groups is 13. The highest BCUT2D eigenvalue weighted by Crippen LogP contribution is 2.33. The van der Waals surface area contributed by atoms with E-state index in [0.29, 0.717) is 29.8 Å². The predicted molar refractivity (Wildman–Crippen MR) is 425 cm³/mol. The summed E-state index contributed by atoms with van der Waals surface area (Å²) in [5.41, 5.74) is 6.16. The molecule has 1 aromatic heterocycles. The van der Waals surface area contributed by atoms with Crippen molar-refractivity contribution in [3.63, 3.8) is 0 Å². The Balaban J connectivity index is 1.53. The number of aromatic nitrogens is 1. The summed E-state index contributed by atoms with van der Waals surface area (Å²) in [5, 5.41) is 137. The Labute approximate surface area is 691 Å². The van der Waals surface area contributed by atoms with Crippen LogP contribution in [0.2, 0.25) is 0 Å². The minimum Gasteiger partial charge on any atom is -0.508 e. The number of hydrogen-bond acceptors (Lipinski definition) is 30. The van der Waals surface area contributed by atoms with Gasteiger partial charge >= 0.3 is 17.9 Å². The molecule has 0 aliphatic carbocycles. The molecule has 2 fully saturated rings. The van der Waals surface area contributed by atoms with E-state index in [1.54, 1.807) is 19.1 Å². The zero-order valence-electron chi connectivity index (χ0n) is 67.2. The van der Waals surface area contributed by atoms with E-state index in [-0.39, 0.29) is 73.0 Å². The SMILES string of the molecule is CCCC(=O)OCN(C(=O)[C@@H](NC(=O)[C@H]1CCCCN1C)C(C)CC)[C@H](C[C@@H](OCC)c1nc(C(=O)N[C@@H](Cc2ccc(O)cc2)CC(C)C(=O)N[C@@H](CSSCCC(=O)NC2CCC(=O)NCC(O)C(C(O)C(O)CO)OC(C(O)CO)C(O)C(O)CNC(=O)CCC(C(N)=O)NC(=O)C(CCC(=O)O)NC2=O)C(=O)O)cs1)C(C)C. The zero-order valence-corrected chi connectivity index (χ0v) is 69.7. The number of rotatable bonds is 41. The molecule has 2 aliphatic rings. The van der Waals surface area contributed by atoms with Gasteiger partial charge in [-0.15, -0.1) is 11.3 Å². The van der Waals surface area contributed by atoms with Crippen LogP contribution in [0.4, 0.5) is 0 Å². The van der Waals surface area contributed by atoms with Crippen LogP contribution in [0.5, 0.6) is 5.75 Å². The van der Waals surface area contributed by atoms with Gasteiger partial charge in [0.05, 0.1) is 25.4 Å². The highest BCUT2D eigenvalue weighted by molar-refractivity contribution is 8.76. The summed E-state index contributed by atoms with van der Waals surface area (Å²) in [6.45, 7) is 9.18. The highest BCUT2D eigenvalue weighted by Gasteiger charge is 2.43. The summed E-state index contributed by atoms with van der Waals surface area (Å²) in [5.74, 6) is -13.8. The molecule has 0 spiro atoms. The first kappa shape index (κ1) is 101. The van der Waals surface area contributed by atoms with Gasteiger partial charge in [0.15, 0.2) is 6.73 Å². The molecule has 2 aliphatic heterocycles. The van der Waals surface area contributed by atoms with E-state index in [9.17, 15) is 114 Å². The number of carbonyl (C=O) groups excluding carboxylic acids is 11. The van der Waals surface area contributed by atoms with Crippen molar-refractivity contribution in [2.24, 2.45) is 23.5 Å². The number of hydrogen-bond donors (Lipinski definition) is 20. The number of phenols is 1. The average Bonchev–Trinajstić information content (AvgIpc) is 1.51. The van der Waals surface area contributed by atoms with Crippen molar-refractivity contribution in [3.8, 4) is 5.75 Å². The fourth-order valence-corrected chi connectivity index (χ4v) is 15.9. The number of nitrogens with one attached hydrogen (secondary N) is 8. The summed E-state index contributed by atoms with van der Waals surface area (Å²) in [7, 11) is 3.78. The van der Waals surface area contributed by atoms with Crippen molar-refractivity contribution in [1.82, 2.24) is 57.3 Å². The van der Waals surface area contributed by atoms with Crippen LogP contribution in [0.25, 0.3) is 0 Å². The smallest absolute Gasteiger partial charge is 0.327 e. The Morgan fingerprint density at radius 1 is 0.803 bits per heavy atom. The first-order chi connectivity index (χ1) is 55.4. The Bertz CT molecular complexity index is 3540. The van der Waals surface area contributed by atoms with Crippen LogP contribution in [0.3, 0.4) is 0 Å². The maximum Gasteiger partial charge on any atom is 0.327 e. The molecular formula is C75H120N12O27S3. The van der Waals surface area contributed by atoms with Crippen molar-refractivity contribution in [1.29, 1.82) is 0 Å². The second kappa shape index (κ2) is 52.2. The first-order valence-corrected chi connectivity index (χ1v) is 42.6. The fraction of sp³-hybridized carbons (Fsp3) is 0.707. The Morgan fingerprint density at radius 2 is 1.47 bits per heavy atom. The van der Waals surface area contributed by atoms with Gasteiger partial charge in [0.25, 0.3) is 5.91 Å². The molecule has 21 N–H and O–H groups in total. The predicted octanol–water partition coefficient (Wildman–Crippen LogP) is -2.29. The Hall–Kier alpha value is -7.98. The number of aliphatic hydroxyl groups is 8. The quantitative estimate of drug-likeness (QED) is 0.0144. The number of piperidine rings is 1. The second-order valence-corrected chi connectivity index (χ2v) is 33.0. The standard InChI is InChI=1S/C75H120N12O27S3/c1-9-14-61(100)113-38-87(74(109)62(40(6)10-2)85-72(108)50-15-12-13-27-86(50)8)51(39(4)5)31-56(112-11-3)73-84-48(36-115-73)71(107)79-43(30-42-16-18-44(90)19-17-42)29-41(7)68(104)83-49(75(110)111)37-117-116-28-26-59(97)80-46-21-24-58(96)78-33-53(92)65(64(102)54(93)34-88)114-66(55(94)35-89)63(101)52(91)32-77-57(95)23-20-45(67(76)103)81-70(106)47(82-69(46)105)22-25-60(98)99/h16-19,36,39-41,43,45-47,49-56,62-66,88-94,101-102H,9-15,20-35,37-38H2,1-8H3,(H2,76,103)(H,77,95)(H,78,96)(H,79,107)(H,80,97)(H,81,106)(H,82,105)(H,83,104)(H,85,108)(H,98,99)(H,110,111)/t40?,41?,43-,45?,46?,47?,49+,50-,51-,52?,53?,54?,55?,56-,62+,63?,64?,65?,66?/m1/s1. The van der Waals surface area contributed by atoms with Crippen LogP contribution in [-0.2, 0) is 78.2 Å². The summed E-state index contributed by atoms with van der Waals surface area (Å²) < 4.78 is 17.6. The van der Waals surface area contributed by atoms with Crippen molar-refractivity contribution >= 4 is 110 Å². The average molecular weight is 1720 g/mol. The van der Waals surface area contributed by atoms with E-state index < -0.39 is 258 Å². The lowest BCUT2D eigenvalue weighted by Gasteiger charge is -2.39. The first-order valence-electron chi connectivity index (χ1n) is 39.2. The lowest BCUT2D eigenvalue weighted by atomic mass is 9.92. The number of phenolic OH excluding ortho intramolecular Hbond substituents is 1. The number of carboxylic acid groups (broad SMARTS) is 2. The number of aromatic hydroxyl groups is 1. The van der Waals surface area contributed by atoms with Crippen LogP contribution in [0, 0.1) is 17.8 Å². The van der Waals surface area contributed by atoms with Crippen molar-refractivity contribution in [3.05, 3.63) is 45.9 Å². The van der Waals surface area contributed by atoms with E-state index in [1.807, 2.05) is 46.6 Å². The van der Waals surface area contributed by atoms with Crippen molar-refractivity contribution in [2.45, 2.75) is 254 Å². The number of amides is 10. The molecule has 10 amide bonds. The van der Waals surface area contributed by atoms with Gasteiger partial charge in [-0.25, -0.2) is 9.78 Å². The lowest BCUT2D eigenvalue weighted by molar-refractivity contribution is -0.214. The molecule has 117 heavy (non-hydrogen) atoms. The van der Waals surface area contributed by atoms with Crippen LogP contribution in [0.15, 0.2) is 29.6 Å². The molecule has 0 bridgehead atoms. The minimum atomic E-state index is -2.28. The second-order valence-electron chi connectivity index (χ2n) is 29.5. The maximum absolute atomic E-state index is 15.1. The number of nitrogens with zero attached hydrogens (tertiary/aromatic N) is 3. The van der Waals surface area contributed by atoms with Crippen LogP contribution < -0.4 is 48.3 Å². The van der Waals surface area contributed by atoms with Gasteiger partial charge in [0.2, 0.25) is 53.2 Å². The third-order valence-corrected chi connectivity index (χ3v) is 23.3. The van der Waals surface area contributed by atoms with Crippen LogP contribution >= 0.6 is 32.9 Å². The largest absolute Gasteiger partial charge is 0.508 e. The Kier molecular flexibility index (Phi) is 45.2. The minimum absolute atomic E-state index is 0.0189. The highest BCUT2D eigenvalue weighted by atomic mass is 33.1. The number of carboxylic acids is 2. The molecule has 42 heteroatoms. The van der Waals surface area contributed by atoms with Gasteiger partial charge in [-0.05, 0) is 101 Å². The molecule has 4 rings (SSSR count). The Morgan fingerprint density at radius 3 is 2.07 bits per heavy atom. The summed E-state index contributed by atoms with van der Waals surface area (Å²) in [6, 6.07) is -3.50. The fourth-order valence-electron chi connectivity index (χ4n) is 12.9. The number of nitrogens with two attached hydrogens (primary N) is 1. The van der Waals surface area contributed by atoms with Crippen LogP contribution in [0.1, 0.15) is 172 Å². The number of β-amino-alcohol motifs (C(OH)–C–C–N with tert-alkyl or cyclic N) is 2. The van der Waals surface area contributed by atoms with E-state index in [0.717, 1.165) is 52.3 Å². The number of aliphatic hydroxyl groups excluding tert-OH is 8. The summed E-state index contributed by atoms with van der Waals surface area (Å²) >= 11 is 1.13. The summed E-state index contributed by atoms with van der Waals surface area (Å²) in [4.78, 5) is 184. The van der Waals surface area contributed by atoms with Gasteiger partial charge in [0.1, 0.15) is 95.5 Å². The molecule has 660 valence electrons. The molecule has 2 saturated heterocycles. The van der Waals surface area contributed by atoms with Gasteiger partial charge in [-0.1, -0.05) is 88.1 Å². The number of benzene rings is 1. The molecule has 3 heterocycles. The van der Waals surface area contributed by atoms with Gasteiger partial charge in [-0.3, -0.25) is 62.4 Å². The monoisotopic (exact) mass is 1720 g/mol. The van der Waals surface area contributed by atoms with E-state index in [1.165, 1.54) is 29.3 Å². The molecular weight excluding hydrogens is 1600 g/mol. The third-order valence-electron chi connectivity index (χ3n) is 20.0. The van der Waals surface area contributed by atoms with Gasteiger partial charge in [0, 0.05) is 93.1 Å². The molecule has 0 saturated carbocycles. The van der Waals surface area contributed by atoms with E-state index >= 15 is 4.79 Å². The number of likely N-dealkylation sites (tertiary alicyclic amines) is 1. The number of esters is 1. The van der Waals surface area contributed by atoms with Gasteiger partial charge in [-0.2, -0.15) is 0 Å². The third kappa shape index (κ3) is 34.3. The van der Waals surface area contributed by atoms with Crippen molar-refractivity contribution < 1.29 is 133 Å². The lowest BCUT2D eigenvalue weighted by Crippen LogP contribution is -2.59. The molecule has 2 aromatic rings. The molecule has 1 aromatic carbocycles. The molecule has 39 nitrogen and oxygen atoms in total. The number of likely N-dealkylation sites (N-methyl/N-ethyl adjacent to an activating group) is 1. The normalized spacial score (nSPS) is 23.2. The topological polar surface area (TPSA) is 614 Å². The molecule has 13 unspecified atom stereocenters.